The third-order valence-corrected chi connectivity index (χ3v) is 9.52. The molecule has 8 aromatic rings. The first kappa shape index (κ1) is 32.6. The van der Waals surface area contributed by atoms with E-state index in [1.165, 1.54) is 0 Å². The lowest BCUT2D eigenvalue weighted by atomic mass is 9.77. The molecule has 2 aromatic heterocycles. The summed E-state index contributed by atoms with van der Waals surface area (Å²) in [5.74, 6) is 2.07. The Morgan fingerprint density at radius 2 is 1.21 bits per heavy atom. The van der Waals surface area contributed by atoms with Crippen molar-refractivity contribution in [3.8, 4) is 34.0 Å². The number of nitrogens with zero attached hydrogens (tertiary/aromatic N) is 5. The highest BCUT2D eigenvalue weighted by atomic mass is 16.5. The van der Waals surface area contributed by atoms with Gasteiger partial charge < -0.3 is 9.47 Å². The predicted molar refractivity (Wildman–Crippen MR) is 205 cm³/mol. The van der Waals surface area contributed by atoms with Gasteiger partial charge >= 0.3 is 0 Å². The number of methoxy groups -OCH3 is 1. The molecule has 0 fully saturated rings. The van der Waals surface area contributed by atoms with E-state index in [-0.39, 0.29) is 0 Å². The molecule has 0 atom stereocenters. The Kier molecular flexibility index (Phi) is 8.98. The summed E-state index contributed by atoms with van der Waals surface area (Å²) in [5, 5.41) is 15.6. The zero-order valence-electron chi connectivity index (χ0n) is 29.1. The van der Waals surface area contributed by atoms with E-state index in [0.29, 0.717) is 12.4 Å². The molecule has 254 valence electrons. The summed E-state index contributed by atoms with van der Waals surface area (Å²) < 4.78 is 12.0. The molecule has 52 heavy (non-hydrogen) atoms. The number of ether oxygens (including phenoxy) is 2. The summed E-state index contributed by atoms with van der Waals surface area (Å²) in [6.07, 6.45) is 0.798. The first-order valence-corrected chi connectivity index (χ1v) is 17.4. The van der Waals surface area contributed by atoms with E-state index in [9.17, 15) is 0 Å². The molecule has 0 saturated heterocycles. The van der Waals surface area contributed by atoms with Gasteiger partial charge in [0, 0.05) is 22.7 Å². The normalized spacial score (nSPS) is 11.4. The quantitative estimate of drug-likeness (QED) is 0.127. The molecular weight excluding hydrogens is 643 g/mol. The first-order chi connectivity index (χ1) is 25.7. The third kappa shape index (κ3) is 5.96. The van der Waals surface area contributed by atoms with Crippen molar-refractivity contribution in [1.29, 1.82) is 0 Å². The number of aromatic nitrogens is 5. The molecule has 0 aliphatic carbocycles. The van der Waals surface area contributed by atoms with Gasteiger partial charge in [0.05, 0.1) is 7.11 Å². The number of pyridine rings is 1. The molecule has 8 rings (SSSR count). The second-order valence-electron chi connectivity index (χ2n) is 12.6. The smallest absolute Gasteiger partial charge is 0.205 e. The third-order valence-electron chi connectivity index (χ3n) is 9.52. The van der Waals surface area contributed by atoms with Crippen LogP contribution in [-0.4, -0.2) is 32.3 Å². The van der Waals surface area contributed by atoms with E-state index in [1.807, 2.05) is 54.6 Å². The van der Waals surface area contributed by atoms with Crippen LogP contribution in [0, 0.1) is 0 Å². The van der Waals surface area contributed by atoms with Crippen molar-refractivity contribution in [3.05, 3.63) is 192 Å². The summed E-state index contributed by atoms with van der Waals surface area (Å²) in [6.45, 7) is 2.50. The number of para-hydroxylation sites is 1. The topological polar surface area (TPSA) is 75.0 Å². The molecule has 7 heteroatoms. The fourth-order valence-electron chi connectivity index (χ4n) is 6.93. The maximum Gasteiger partial charge on any atom is 0.205 e. The number of hydrogen-bond acceptors (Lipinski definition) is 6. The van der Waals surface area contributed by atoms with Crippen LogP contribution in [-0.2, 0) is 18.6 Å². The van der Waals surface area contributed by atoms with Crippen molar-refractivity contribution in [2.75, 3.05) is 7.11 Å². The molecular formula is C45H37N5O2. The van der Waals surface area contributed by atoms with Crippen LogP contribution in [0.2, 0.25) is 0 Å². The molecule has 0 N–H and O–H groups in total. The Balaban J connectivity index is 1.13. The molecule has 0 aliphatic rings. The van der Waals surface area contributed by atoms with Gasteiger partial charge in [-0.1, -0.05) is 153 Å². The van der Waals surface area contributed by atoms with E-state index in [2.05, 4.69) is 116 Å². The monoisotopic (exact) mass is 679 g/mol. The Morgan fingerprint density at radius 3 is 1.81 bits per heavy atom. The minimum absolute atomic E-state index is 0.415. The van der Waals surface area contributed by atoms with E-state index in [4.69, 9.17) is 29.9 Å². The van der Waals surface area contributed by atoms with Gasteiger partial charge in [0.15, 0.2) is 5.54 Å². The van der Waals surface area contributed by atoms with Crippen molar-refractivity contribution in [1.82, 2.24) is 25.2 Å². The average molecular weight is 680 g/mol. The van der Waals surface area contributed by atoms with Crippen LogP contribution >= 0.6 is 0 Å². The van der Waals surface area contributed by atoms with Crippen LogP contribution in [0.3, 0.4) is 0 Å². The molecule has 2 heterocycles. The van der Waals surface area contributed by atoms with Crippen molar-refractivity contribution in [2.45, 2.75) is 25.5 Å². The highest BCUT2D eigenvalue weighted by molar-refractivity contribution is 5.90. The van der Waals surface area contributed by atoms with E-state index in [0.717, 1.165) is 73.5 Å². The Hall–Kier alpha value is -6.60. The van der Waals surface area contributed by atoms with Gasteiger partial charge in [-0.05, 0) is 57.1 Å². The summed E-state index contributed by atoms with van der Waals surface area (Å²) in [6, 6.07) is 55.7. The predicted octanol–water partition coefficient (Wildman–Crippen LogP) is 9.55. The average Bonchev–Trinajstić information content (AvgIpc) is 3.72. The van der Waals surface area contributed by atoms with Gasteiger partial charge in [0.2, 0.25) is 5.82 Å². The lowest BCUT2D eigenvalue weighted by molar-refractivity contribution is 0.309. The van der Waals surface area contributed by atoms with Crippen LogP contribution < -0.4 is 9.47 Å². The van der Waals surface area contributed by atoms with Crippen molar-refractivity contribution in [3.63, 3.8) is 0 Å². The van der Waals surface area contributed by atoms with Gasteiger partial charge in [-0.2, -0.15) is 0 Å². The number of benzene rings is 6. The second kappa shape index (κ2) is 14.3. The fraction of sp³-hybridized carbons (Fsp3) is 0.111. The van der Waals surface area contributed by atoms with Crippen LogP contribution in [0.4, 0.5) is 0 Å². The minimum Gasteiger partial charge on any atom is -0.494 e. The molecule has 0 amide bonds. The summed E-state index contributed by atoms with van der Waals surface area (Å²) in [4.78, 5) is 6.56. The van der Waals surface area contributed by atoms with Gasteiger partial charge in [0.25, 0.3) is 0 Å². The Morgan fingerprint density at radius 1 is 0.615 bits per heavy atom. The summed E-state index contributed by atoms with van der Waals surface area (Å²) >= 11 is 0. The number of hydrogen-bond donors (Lipinski definition) is 0. The SMILES string of the molecule is CCc1cc(OCc2ccc(-c3ccccc3-c3nnn(C(c4ccccc4)(c4ccccc4)c4ccccc4)n3)cc2)c2cccc(OC)c2n1. The van der Waals surface area contributed by atoms with Gasteiger partial charge in [-0.25, -0.2) is 4.98 Å². The maximum absolute atomic E-state index is 6.40. The molecule has 6 aromatic carbocycles. The second-order valence-corrected chi connectivity index (χ2v) is 12.6. The van der Waals surface area contributed by atoms with E-state index >= 15 is 0 Å². The molecule has 0 saturated carbocycles. The minimum atomic E-state index is -0.852. The Labute approximate surface area is 303 Å². The van der Waals surface area contributed by atoms with Gasteiger partial charge in [-0.3, -0.25) is 0 Å². The molecule has 0 unspecified atom stereocenters. The van der Waals surface area contributed by atoms with Gasteiger partial charge in [0.1, 0.15) is 23.6 Å². The van der Waals surface area contributed by atoms with Gasteiger partial charge in [-0.15, -0.1) is 15.0 Å². The van der Waals surface area contributed by atoms with Crippen LogP contribution in [0.5, 0.6) is 11.5 Å². The maximum atomic E-state index is 6.40. The lowest BCUT2D eigenvalue weighted by Crippen LogP contribution is -2.39. The molecule has 0 aliphatic heterocycles. The zero-order valence-corrected chi connectivity index (χ0v) is 29.1. The standard InChI is InChI=1S/C45H37N5O2/c1-3-37-30-42(40-24-15-25-41(51-2)43(40)46-37)52-31-32-26-28-33(29-27-32)38-22-13-14-23-39(38)44-47-49-50(48-44)45(34-16-7-4-8-17-34,35-18-9-5-10-19-35)36-20-11-6-12-21-36/h4-30H,3,31H2,1-2H3. The number of fused-ring (bicyclic) bond motifs is 1. The number of aryl methyl sites for hydroxylation is 1. The Bertz CT molecular complexity index is 2330. The molecule has 0 bridgehead atoms. The van der Waals surface area contributed by atoms with Crippen molar-refractivity contribution in [2.24, 2.45) is 0 Å². The zero-order chi connectivity index (χ0) is 35.3. The largest absolute Gasteiger partial charge is 0.494 e. The van der Waals surface area contributed by atoms with E-state index < -0.39 is 5.54 Å². The van der Waals surface area contributed by atoms with Crippen LogP contribution in [0.1, 0.15) is 34.9 Å². The fourth-order valence-corrected chi connectivity index (χ4v) is 6.93. The lowest BCUT2D eigenvalue weighted by Gasteiger charge is -2.34. The summed E-state index contributed by atoms with van der Waals surface area (Å²) in [5.41, 5.74) is 8.02. The summed E-state index contributed by atoms with van der Waals surface area (Å²) in [7, 11) is 1.67. The first-order valence-electron chi connectivity index (χ1n) is 17.4. The highest BCUT2D eigenvalue weighted by Crippen LogP contribution is 2.40. The van der Waals surface area contributed by atoms with Crippen molar-refractivity contribution < 1.29 is 9.47 Å². The van der Waals surface area contributed by atoms with Crippen LogP contribution in [0.25, 0.3) is 33.4 Å². The molecule has 0 radical (unpaired) electrons. The van der Waals surface area contributed by atoms with Crippen LogP contribution in [0.15, 0.2) is 164 Å². The number of rotatable bonds is 11. The number of tetrazole rings is 1. The molecule has 7 nitrogen and oxygen atoms in total. The van der Waals surface area contributed by atoms with Crippen molar-refractivity contribution >= 4 is 10.9 Å². The van der Waals surface area contributed by atoms with E-state index in [1.54, 1.807) is 11.9 Å². The highest BCUT2D eigenvalue weighted by Gasteiger charge is 2.41. The molecule has 0 spiro atoms.